The number of carbonyl (C=O) groups excluding carboxylic acids is 2. The molecule has 0 aliphatic carbocycles. The number of aryl methyl sites for hydroxylation is 1. The third kappa shape index (κ3) is 4.59. The lowest BCUT2D eigenvalue weighted by Gasteiger charge is -2.33. The van der Waals surface area contributed by atoms with Crippen LogP contribution < -0.4 is 16.0 Å². The third-order valence-corrected chi connectivity index (χ3v) is 4.65. The fraction of sp³-hybridized carbons (Fsp3) is 0.350. The van der Waals surface area contributed by atoms with Gasteiger partial charge in [0.25, 0.3) is 5.91 Å². The molecule has 3 rings (SSSR count). The Morgan fingerprint density at radius 2 is 2.00 bits per heavy atom. The number of carbonyl (C=O) groups is 2. The van der Waals surface area contributed by atoms with Crippen LogP contribution in [0.25, 0.3) is 0 Å². The van der Waals surface area contributed by atoms with Crippen molar-refractivity contribution in [3.63, 3.8) is 0 Å². The van der Waals surface area contributed by atoms with E-state index in [4.69, 9.17) is 5.73 Å². The van der Waals surface area contributed by atoms with Gasteiger partial charge in [-0.3, -0.25) is 9.59 Å². The number of piperidine rings is 1. The van der Waals surface area contributed by atoms with Gasteiger partial charge in [-0.05, 0) is 49.9 Å². The quantitative estimate of drug-likeness (QED) is 0.866. The maximum Gasteiger partial charge on any atom is 0.257 e. The monoisotopic (exact) mass is 352 g/mol. The Hall–Kier alpha value is -2.89. The molecule has 1 saturated heterocycles. The van der Waals surface area contributed by atoms with E-state index in [0.717, 1.165) is 43.0 Å². The number of hydrogen-bond donors (Lipinski definition) is 2. The Morgan fingerprint density at radius 3 is 2.65 bits per heavy atom. The predicted molar refractivity (Wildman–Crippen MR) is 102 cm³/mol. The van der Waals surface area contributed by atoms with E-state index >= 15 is 0 Å². The van der Waals surface area contributed by atoms with Crippen molar-refractivity contribution in [2.75, 3.05) is 23.3 Å². The Kier molecular flexibility index (Phi) is 5.51. The van der Waals surface area contributed by atoms with Gasteiger partial charge in [0.15, 0.2) is 0 Å². The average molecular weight is 352 g/mol. The molecule has 1 aliphatic heterocycles. The Balaban J connectivity index is 1.63. The van der Waals surface area contributed by atoms with Crippen LogP contribution in [0.3, 0.4) is 0 Å². The summed E-state index contributed by atoms with van der Waals surface area (Å²) in [5.74, 6) is 0.657. The highest BCUT2D eigenvalue weighted by Gasteiger charge is 2.22. The van der Waals surface area contributed by atoms with Crippen molar-refractivity contribution in [1.29, 1.82) is 0 Å². The maximum atomic E-state index is 12.3. The highest BCUT2D eigenvalue weighted by Crippen LogP contribution is 2.23. The van der Waals surface area contributed by atoms with Crippen LogP contribution in [0.4, 0.5) is 11.5 Å². The van der Waals surface area contributed by atoms with Gasteiger partial charge in [-0.15, -0.1) is 0 Å². The topological polar surface area (TPSA) is 88.3 Å². The first-order valence-electron chi connectivity index (χ1n) is 8.88. The largest absolute Gasteiger partial charge is 0.370 e. The number of rotatable bonds is 5. The molecular formula is C20H24N4O2. The smallest absolute Gasteiger partial charge is 0.257 e. The van der Waals surface area contributed by atoms with Crippen molar-refractivity contribution in [3.8, 4) is 0 Å². The molecular weight excluding hydrogens is 328 g/mol. The summed E-state index contributed by atoms with van der Waals surface area (Å²) in [6.45, 7) is 3.67. The van der Waals surface area contributed by atoms with Gasteiger partial charge in [-0.25, -0.2) is 4.98 Å². The molecule has 0 saturated carbocycles. The van der Waals surface area contributed by atoms with E-state index in [1.54, 1.807) is 12.3 Å². The zero-order chi connectivity index (χ0) is 18.5. The number of nitrogens with two attached hydrogens (primary N) is 1. The van der Waals surface area contributed by atoms with E-state index in [1.165, 1.54) is 0 Å². The van der Waals surface area contributed by atoms with E-state index in [1.807, 2.05) is 37.3 Å². The van der Waals surface area contributed by atoms with Gasteiger partial charge < -0.3 is 16.0 Å². The van der Waals surface area contributed by atoms with Gasteiger partial charge in [0.2, 0.25) is 5.91 Å². The SMILES string of the molecule is Cc1ccc(NC(=O)c2ccc(N3CCCC(CC(N)=O)C3)nc2)cc1. The first-order chi connectivity index (χ1) is 12.5. The van der Waals surface area contributed by atoms with Crippen molar-refractivity contribution in [1.82, 2.24) is 4.98 Å². The molecule has 1 unspecified atom stereocenters. The summed E-state index contributed by atoms with van der Waals surface area (Å²) in [7, 11) is 0. The van der Waals surface area contributed by atoms with Gasteiger partial charge in [0.1, 0.15) is 5.82 Å². The van der Waals surface area contributed by atoms with Crippen molar-refractivity contribution in [3.05, 3.63) is 53.7 Å². The summed E-state index contributed by atoms with van der Waals surface area (Å²) in [4.78, 5) is 30.1. The Morgan fingerprint density at radius 1 is 1.23 bits per heavy atom. The van der Waals surface area contributed by atoms with Gasteiger partial charge in [-0.1, -0.05) is 17.7 Å². The summed E-state index contributed by atoms with van der Waals surface area (Å²) < 4.78 is 0. The Labute approximate surface area is 153 Å². The first-order valence-corrected chi connectivity index (χ1v) is 8.88. The number of anilines is 2. The summed E-state index contributed by atoms with van der Waals surface area (Å²) >= 11 is 0. The maximum absolute atomic E-state index is 12.3. The average Bonchev–Trinajstić information content (AvgIpc) is 2.63. The van der Waals surface area contributed by atoms with E-state index in [2.05, 4.69) is 15.2 Å². The van der Waals surface area contributed by atoms with Crippen LogP contribution >= 0.6 is 0 Å². The van der Waals surface area contributed by atoms with Gasteiger partial charge in [0, 0.05) is 31.4 Å². The van der Waals surface area contributed by atoms with Crippen LogP contribution in [0.5, 0.6) is 0 Å². The normalized spacial score (nSPS) is 17.0. The molecule has 26 heavy (non-hydrogen) atoms. The lowest BCUT2D eigenvalue weighted by atomic mass is 9.94. The standard InChI is InChI=1S/C20H24N4O2/c1-14-4-7-17(8-5-14)23-20(26)16-6-9-19(22-12-16)24-10-2-3-15(13-24)11-18(21)25/h4-9,12,15H,2-3,10-11,13H2,1H3,(H2,21,25)(H,23,26). The number of aromatic nitrogens is 1. The number of amides is 2. The third-order valence-electron chi connectivity index (χ3n) is 4.65. The van der Waals surface area contributed by atoms with Crippen LogP contribution in [0.15, 0.2) is 42.6 Å². The minimum Gasteiger partial charge on any atom is -0.370 e. The molecule has 1 aromatic carbocycles. The van der Waals surface area contributed by atoms with Crippen molar-refractivity contribution in [2.24, 2.45) is 11.7 Å². The lowest BCUT2D eigenvalue weighted by molar-refractivity contribution is -0.118. The molecule has 0 radical (unpaired) electrons. The molecule has 2 heterocycles. The molecule has 1 aromatic heterocycles. The zero-order valence-corrected chi connectivity index (χ0v) is 14.9. The van der Waals surface area contributed by atoms with Gasteiger partial charge >= 0.3 is 0 Å². The zero-order valence-electron chi connectivity index (χ0n) is 14.9. The summed E-state index contributed by atoms with van der Waals surface area (Å²) in [6.07, 6.45) is 4.02. The molecule has 136 valence electrons. The molecule has 0 spiro atoms. The lowest BCUT2D eigenvalue weighted by Crippen LogP contribution is -2.37. The second-order valence-corrected chi connectivity index (χ2v) is 6.85. The fourth-order valence-corrected chi connectivity index (χ4v) is 3.27. The molecule has 6 nitrogen and oxygen atoms in total. The summed E-state index contributed by atoms with van der Waals surface area (Å²) in [5, 5.41) is 2.87. The summed E-state index contributed by atoms with van der Waals surface area (Å²) in [6, 6.07) is 11.3. The number of benzene rings is 1. The van der Waals surface area contributed by atoms with Crippen molar-refractivity contribution >= 4 is 23.3 Å². The number of nitrogens with zero attached hydrogens (tertiary/aromatic N) is 2. The second kappa shape index (κ2) is 7.99. The number of primary amides is 1. The summed E-state index contributed by atoms with van der Waals surface area (Å²) in [5.41, 5.74) is 7.73. The van der Waals surface area contributed by atoms with Crippen LogP contribution in [-0.4, -0.2) is 29.9 Å². The van der Waals surface area contributed by atoms with Crippen molar-refractivity contribution < 1.29 is 9.59 Å². The molecule has 2 aromatic rings. The van der Waals surface area contributed by atoms with E-state index in [9.17, 15) is 9.59 Å². The second-order valence-electron chi connectivity index (χ2n) is 6.85. The number of pyridine rings is 1. The number of nitrogens with one attached hydrogen (secondary N) is 1. The van der Waals surface area contributed by atoms with Crippen LogP contribution in [0, 0.1) is 12.8 Å². The van der Waals surface area contributed by atoms with Gasteiger partial charge in [-0.2, -0.15) is 0 Å². The molecule has 1 atom stereocenters. The van der Waals surface area contributed by atoms with Crippen LogP contribution in [0.2, 0.25) is 0 Å². The predicted octanol–water partition coefficient (Wildman–Crippen LogP) is 2.73. The number of hydrogen-bond acceptors (Lipinski definition) is 4. The molecule has 6 heteroatoms. The highest BCUT2D eigenvalue weighted by molar-refractivity contribution is 6.04. The van der Waals surface area contributed by atoms with Gasteiger partial charge in [0.05, 0.1) is 5.56 Å². The molecule has 2 amide bonds. The van der Waals surface area contributed by atoms with E-state index in [-0.39, 0.29) is 17.7 Å². The highest BCUT2D eigenvalue weighted by atomic mass is 16.2. The fourth-order valence-electron chi connectivity index (χ4n) is 3.27. The minimum atomic E-state index is -0.257. The van der Waals surface area contributed by atoms with Crippen LogP contribution in [-0.2, 0) is 4.79 Å². The van der Waals surface area contributed by atoms with E-state index in [0.29, 0.717) is 12.0 Å². The molecule has 1 aliphatic rings. The van der Waals surface area contributed by atoms with Crippen LogP contribution in [0.1, 0.15) is 35.2 Å². The minimum absolute atomic E-state index is 0.182. The van der Waals surface area contributed by atoms with E-state index < -0.39 is 0 Å². The molecule has 0 bridgehead atoms. The Bertz CT molecular complexity index is 771. The van der Waals surface area contributed by atoms with Crippen molar-refractivity contribution in [2.45, 2.75) is 26.2 Å². The molecule has 3 N–H and O–H groups in total. The first kappa shape index (κ1) is 17.9. The molecule has 1 fully saturated rings.